The number of hydrogen-bond donors (Lipinski definition) is 6. The van der Waals surface area contributed by atoms with Gasteiger partial charge in [-0.15, -0.1) is 11.8 Å². The van der Waals surface area contributed by atoms with Gasteiger partial charge in [-0.1, -0.05) is 39.9 Å². The van der Waals surface area contributed by atoms with Crippen LogP contribution in [0.15, 0.2) is 39.1 Å². The van der Waals surface area contributed by atoms with Crippen molar-refractivity contribution in [2.75, 3.05) is 17.2 Å². The average Bonchev–Trinajstić information content (AvgIpc) is 3.25. The van der Waals surface area contributed by atoms with Crippen LogP contribution >= 0.6 is 58.2 Å². The second kappa shape index (κ2) is 12.6. The predicted molar refractivity (Wildman–Crippen MR) is 153 cm³/mol. The highest BCUT2D eigenvalue weighted by Gasteiger charge is 2.54. The molecule has 2 aliphatic rings. The maximum atomic E-state index is 13.1. The molecule has 2 aromatic heterocycles. The third-order valence-electron chi connectivity index (χ3n) is 5.58. The van der Waals surface area contributed by atoms with E-state index in [9.17, 15) is 29.5 Å². The molecule has 0 aromatic carbocycles. The number of carbonyl (C=O) groups is 4. The second-order valence-corrected chi connectivity index (χ2v) is 13.1. The summed E-state index contributed by atoms with van der Waals surface area (Å²) in [5.74, 6) is -2.49. The smallest absolute Gasteiger partial charge is 0.353 e. The average molecular weight is 645 g/mol. The second-order valence-electron chi connectivity index (χ2n) is 8.17. The number of β-lactam (4-membered cyclic amide) rings is 1. The number of carboxylic acids is 1. The fourth-order valence-electron chi connectivity index (χ4n) is 3.68. The van der Waals surface area contributed by atoms with Gasteiger partial charge in [-0.3, -0.25) is 24.3 Å². The van der Waals surface area contributed by atoms with Gasteiger partial charge < -0.3 is 32.8 Å². The van der Waals surface area contributed by atoms with Crippen molar-refractivity contribution in [3.63, 3.8) is 0 Å². The summed E-state index contributed by atoms with van der Waals surface area (Å²) in [6.45, 7) is 0. The minimum absolute atomic E-state index is 0.0245. The number of hydrogen-bond acceptors (Lipinski definition) is 14. The van der Waals surface area contributed by atoms with Crippen LogP contribution in [-0.2, 0) is 24.9 Å². The van der Waals surface area contributed by atoms with Crippen molar-refractivity contribution in [2.45, 2.75) is 28.1 Å². The van der Waals surface area contributed by atoms with E-state index >= 15 is 0 Å². The minimum Gasteiger partial charge on any atom is -0.477 e. The SMILES string of the molecule is NC(=O)[C@H](N)CSCc1cnccc1SC1=C(C(=O)O)N2C(=O)[C@@H](NC(=O)/C(=N/O)c3nc(N)sc3Cl)[C@H]2SC1. The molecule has 0 radical (unpaired) electrons. The summed E-state index contributed by atoms with van der Waals surface area (Å²) in [5.41, 5.74) is 16.4. The number of carboxylic acid groups (broad SMARTS) is 1. The van der Waals surface area contributed by atoms with E-state index in [2.05, 4.69) is 20.4 Å². The standard InChI is InChI=1S/C21H21ClN8O6S4/c22-15-11(28-21(25)40-15)12(29-36)17(32)27-13-18(33)30-14(20(34)35)10(6-38-19(13)30)39-9-1-2-26-3-7(9)4-37-5-8(23)16(24)31/h1-3,8,13,19,36H,4-6,23H2,(H2,24,31)(H2,25,28)(H,27,32)(H,34,35)/b29-12+/t8-,13-,19-/m1/s1. The zero-order valence-electron chi connectivity index (χ0n) is 20.1. The van der Waals surface area contributed by atoms with Crippen LogP contribution in [0.4, 0.5) is 5.13 Å². The van der Waals surface area contributed by atoms with Crippen molar-refractivity contribution < 1.29 is 29.5 Å². The monoisotopic (exact) mass is 644 g/mol. The van der Waals surface area contributed by atoms with Crippen molar-refractivity contribution >= 4 is 92.8 Å². The number of pyridine rings is 1. The van der Waals surface area contributed by atoms with E-state index in [4.69, 9.17) is 28.8 Å². The topological polar surface area (TPSA) is 240 Å². The number of nitrogens with two attached hydrogens (primary N) is 3. The quantitative estimate of drug-likeness (QED) is 0.0845. The van der Waals surface area contributed by atoms with Gasteiger partial charge in [0.2, 0.25) is 5.91 Å². The van der Waals surface area contributed by atoms with Gasteiger partial charge in [0.1, 0.15) is 27.1 Å². The first-order chi connectivity index (χ1) is 19.0. The van der Waals surface area contributed by atoms with E-state index in [0.29, 0.717) is 16.4 Å². The molecule has 212 valence electrons. The first-order valence-electron chi connectivity index (χ1n) is 11.1. The van der Waals surface area contributed by atoms with Crippen molar-refractivity contribution in [3.8, 4) is 0 Å². The number of halogens is 1. The number of rotatable bonds is 11. The van der Waals surface area contributed by atoms with Crippen LogP contribution in [0.1, 0.15) is 11.3 Å². The summed E-state index contributed by atoms with van der Waals surface area (Å²) >= 11 is 10.7. The van der Waals surface area contributed by atoms with Gasteiger partial charge in [0.25, 0.3) is 11.8 Å². The normalized spacial score (nSPS) is 19.6. The Morgan fingerprint density at radius 2 is 2.12 bits per heavy atom. The fourth-order valence-corrected chi connectivity index (χ4v) is 8.25. The Morgan fingerprint density at radius 3 is 2.75 bits per heavy atom. The van der Waals surface area contributed by atoms with Gasteiger partial charge in [-0.2, -0.15) is 11.8 Å². The maximum Gasteiger partial charge on any atom is 0.353 e. The van der Waals surface area contributed by atoms with Crippen molar-refractivity contribution in [1.29, 1.82) is 0 Å². The number of nitrogen functional groups attached to an aromatic ring is 1. The molecule has 0 aliphatic carbocycles. The highest BCUT2D eigenvalue weighted by molar-refractivity contribution is 8.06. The van der Waals surface area contributed by atoms with Gasteiger partial charge >= 0.3 is 5.97 Å². The van der Waals surface area contributed by atoms with Crippen LogP contribution in [0.5, 0.6) is 0 Å². The number of oxime groups is 1. The Labute approximate surface area is 248 Å². The maximum absolute atomic E-state index is 13.1. The highest BCUT2D eigenvalue weighted by atomic mass is 35.5. The third kappa shape index (κ3) is 6.16. The molecule has 14 nitrogen and oxygen atoms in total. The number of amides is 3. The Morgan fingerprint density at radius 1 is 1.38 bits per heavy atom. The van der Waals surface area contributed by atoms with Crippen LogP contribution < -0.4 is 22.5 Å². The number of nitrogens with zero attached hydrogens (tertiary/aromatic N) is 4. The van der Waals surface area contributed by atoms with E-state index in [1.165, 1.54) is 35.3 Å². The number of fused-ring (bicyclic) bond motifs is 1. The van der Waals surface area contributed by atoms with E-state index in [1.54, 1.807) is 18.5 Å². The molecular weight excluding hydrogens is 624 g/mol. The Balaban J connectivity index is 1.49. The molecule has 2 aromatic rings. The fraction of sp³-hybridized carbons (Fsp3) is 0.286. The van der Waals surface area contributed by atoms with Gasteiger partial charge in [0.15, 0.2) is 10.8 Å². The lowest BCUT2D eigenvalue weighted by molar-refractivity contribution is -0.150. The molecule has 19 heteroatoms. The molecule has 1 fully saturated rings. The molecule has 0 saturated carbocycles. The van der Waals surface area contributed by atoms with Crippen molar-refractivity contribution in [2.24, 2.45) is 16.6 Å². The lowest BCUT2D eigenvalue weighted by Crippen LogP contribution is -2.71. The van der Waals surface area contributed by atoms with Gasteiger partial charge in [0.05, 0.1) is 6.04 Å². The lowest BCUT2D eigenvalue weighted by Gasteiger charge is -2.49. The van der Waals surface area contributed by atoms with Crippen molar-refractivity contribution in [1.82, 2.24) is 20.2 Å². The van der Waals surface area contributed by atoms with E-state index in [1.807, 2.05) is 0 Å². The molecule has 4 heterocycles. The molecular formula is C21H21ClN8O6S4. The summed E-state index contributed by atoms with van der Waals surface area (Å²) in [4.78, 5) is 59.6. The van der Waals surface area contributed by atoms with Gasteiger partial charge in [0, 0.05) is 39.5 Å². The molecule has 0 spiro atoms. The molecule has 3 atom stereocenters. The zero-order valence-corrected chi connectivity index (χ0v) is 24.2. The Hall–Kier alpha value is -3.03. The molecule has 9 N–H and O–H groups in total. The first-order valence-corrected chi connectivity index (χ1v) is 15.3. The number of primary amides is 1. The number of thioether (sulfide) groups is 3. The molecule has 2 aliphatic heterocycles. The van der Waals surface area contributed by atoms with E-state index in [-0.39, 0.29) is 26.6 Å². The van der Waals surface area contributed by atoms with Crippen LogP contribution in [0.3, 0.4) is 0 Å². The summed E-state index contributed by atoms with van der Waals surface area (Å²) in [6, 6.07) is -0.148. The number of aromatic nitrogens is 2. The minimum atomic E-state index is -1.30. The van der Waals surface area contributed by atoms with Crippen LogP contribution in [-0.4, -0.2) is 83.5 Å². The van der Waals surface area contributed by atoms with Gasteiger partial charge in [-0.05, 0) is 11.6 Å². The van der Waals surface area contributed by atoms with E-state index < -0.39 is 46.9 Å². The molecule has 1 saturated heterocycles. The number of thiazole rings is 1. The highest BCUT2D eigenvalue weighted by Crippen LogP contribution is 2.46. The third-order valence-corrected chi connectivity index (χ3v) is 10.4. The zero-order chi connectivity index (χ0) is 29.1. The summed E-state index contributed by atoms with van der Waals surface area (Å²) in [6.07, 6.45) is 3.20. The summed E-state index contributed by atoms with van der Waals surface area (Å²) < 4.78 is 0.0245. The number of carbonyl (C=O) groups excluding carboxylic acids is 3. The molecule has 4 rings (SSSR count). The molecule has 0 bridgehead atoms. The van der Waals surface area contributed by atoms with E-state index in [0.717, 1.165) is 26.7 Å². The van der Waals surface area contributed by atoms with Crippen LogP contribution in [0.25, 0.3) is 0 Å². The van der Waals surface area contributed by atoms with Crippen LogP contribution in [0.2, 0.25) is 4.34 Å². The largest absolute Gasteiger partial charge is 0.477 e. The lowest BCUT2D eigenvalue weighted by atomic mass is 10.0. The molecule has 3 amide bonds. The Bertz CT molecular complexity index is 1440. The summed E-state index contributed by atoms with van der Waals surface area (Å²) in [7, 11) is 0. The van der Waals surface area contributed by atoms with Crippen LogP contribution in [0, 0.1) is 0 Å². The molecule has 40 heavy (non-hydrogen) atoms. The number of nitrogens with one attached hydrogen (secondary N) is 1. The van der Waals surface area contributed by atoms with Crippen molar-refractivity contribution in [3.05, 3.63) is 44.7 Å². The van der Waals surface area contributed by atoms with Gasteiger partial charge in [-0.25, -0.2) is 9.78 Å². The number of anilines is 1. The predicted octanol–water partition coefficient (Wildman–Crippen LogP) is 0.486. The number of aliphatic carboxylic acids is 1. The first kappa shape index (κ1) is 29.9. The summed E-state index contributed by atoms with van der Waals surface area (Å²) in [5, 5.41) is 24.2. The Kier molecular flexibility index (Phi) is 9.47. The molecule has 0 unspecified atom stereocenters.